The van der Waals surface area contributed by atoms with Crippen LogP contribution in [0, 0.1) is 23.7 Å². The van der Waals surface area contributed by atoms with Gasteiger partial charge in [0.2, 0.25) is 0 Å². The molecule has 0 aromatic carbocycles. The lowest BCUT2D eigenvalue weighted by atomic mass is 9.91. The zero-order valence-electron chi connectivity index (χ0n) is 9.45. The Hall–Kier alpha value is -1.56. The summed E-state index contributed by atoms with van der Waals surface area (Å²) >= 11 is 0. The number of hydrogen-bond donors (Lipinski definition) is 0. The second kappa shape index (κ2) is 4.31. The summed E-state index contributed by atoms with van der Waals surface area (Å²) in [6, 6.07) is 7.44. The largest absolute Gasteiger partial charge is 0.313 e. The van der Waals surface area contributed by atoms with E-state index < -0.39 is 0 Å². The summed E-state index contributed by atoms with van der Waals surface area (Å²) in [6.45, 7) is 6.28. The average molecular weight is 204 g/mol. The van der Waals surface area contributed by atoms with E-state index >= 15 is 0 Å². The van der Waals surface area contributed by atoms with Crippen molar-refractivity contribution in [2.45, 2.75) is 33.7 Å². The molecule has 3 nitrogen and oxygen atoms in total. The molecule has 1 aromatic heterocycles. The molecule has 0 saturated heterocycles. The van der Waals surface area contributed by atoms with E-state index in [4.69, 9.17) is 5.26 Å². The van der Waals surface area contributed by atoms with E-state index in [1.54, 1.807) is 16.7 Å². The summed E-state index contributed by atoms with van der Waals surface area (Å²) in [5.74, 6) is 0. The molecular weight excluding hydrogens is 188 g/mol. The molecule has 0 amide bonds. The first-order chi connectivity index (χ1) is 6.96. The zero-order valence-corrected chi connectivity index (χ0v) is 9.45. The molecule has 0 aliphatic rings. The third-order valence-corrected chi connectivity index (χ3v) is 2.53. The number of hydrogen-bond acceptors (Lipinski definition) is 2. The van der Waals surface area contributed by atoms with E-state index in [1.807, 2.05) is 26.8 Å². The van der Waals surface area contributed by atoms with Crippen LogP contribution in [0.1, 0.15) is 26.0 Å². The van der Waals surface area contributed by atoms with Gasteiger partial charge in [0.05, 0.1) is 11.5 Å². The van der Waals surface area contributed by atoms with Gasteiger partial charge in [-0.3, -0.25) is 4.79 Å². The molecule has 0 atom stereocenters. The van der Waals surface area contributed by atoms with Crippen molar-refractivity contribution in [3.8, 4) is 6.07 Å². The van der Waals surface area contributed by atoms with Gasteiger partial charge in [0.1, 0.15) is 0 Å². The highest BCUT2D eigenvalue weighted by molar-refractivity contribution is 5.04. The minimum atomic E-state index is -0.373. The van der Waals surface area contributed by atoms with Crippen LogP contribution >= 0.6 is 0 Å². The normalized spacial score (nSPS) is 11.1. The molecule has 0 N–H and O–H groups in total. The van der Waals surface area contributed by atoms with Gasteiger partial charge in [-0.25, -0.2) is 0 Å². The molecule has 3 heteroatoms. The van der Waals surface area contributed by atoms with Gasteiger partial charge in [-0.1, -0.05) is 6.07 Å². The smallest absolute Gasteiger partial charge is 0.250 e. The molecule has 1 aromatic rings. The van der Waals surface area contributed by atoms with E-state index in [9.17, 15) is 4.79 Å². The van der Waals surface area contributed by atoms with Gasteiger partial charge in [-0.05, 0) is 33.3 Å². The highest BCUT2D eigenvalue weighted by Crippen LogP contribution is 2.19. The van der Waals surface area contributed by atoms with Crippen LogP contribution < -0.4 is 5.56 Å². The Bertz CT molecular complexity index is 438. The maximum Gasteiger partial charge on any atom is 0.250 e. The maximum atomic E-state index is 11.5. The lowest BCUT2D eigenvalue weighted by molar-refractivity contribution is 0.406. The molecule has 0 fully saturated rings. The number of aryl methyl sites for hydroxylation is 1. The van der Waals surface area contributed by atoms with Gasteiger partial charge >= 0.3 is 0 Å². The minimum absolute atomic E-state index is 0.00346. The topological polar surface area (TPSA) is 45.8 Å². The highest BCUT2D eigenvalue weighted by atomic mass is 16.1. The van der Waals surface area contributed by atoms with Crippen LogP contribution in [0.3, 0.4) is 0 Å². The summed E-state index contributed by atoms with van der Waals surface area (Å²) in [7, 11) is 0. The highest BCUT2D eigenvalue weighted by Gasteiger charge is 2.16. The minimum Gasteiger partial charge on any atom is -0.313 e. The summed E-state index contributed by atoms with van der Waals surface area (Å²) < 4.78 is 1.71. The van der Waals surface area contributed by atoms with Crippen LogP contribution in [0.2, 0.25) is 0 Å². The lowest BCUT2D eigenvalue weighted by Crippen LogP contribution is -2.23. The Morgan fingerprint density at radius 2 is 2.13 bits per heavy atom. The van der Waals surface area contributed by atoms with Gasteiger partial charge in [0, 0.05) is 18.3 Å². The Balaban J connectivity index is 2.84. The summed E-state index contributed by atoms with van der Waals surface area (Å²) in [4.78, 5) is 11.5. The van der Waals surface area contributed by atoms with Crippen molar-refractivity contribution in [1.29, 1.82) is 5.26 Å². The van der Waals surface area contributed by atoms with Crippen LogP contribution in [-0.2, 0) is 6.54 Å². The monoisotopic (exact) mass is 204 g/mol. The molecule has 0 unspecified atom stereocenters. The van der Waals surface area contributed by atoms with Crippen LogP contribution in [0.15, 0.2) is 23.0 Å². The van der Waals surface area contributed by atoms with Gasteiger partial charge < -0.3 is 4.57 Å². The van der Waals surface area contributed by atoms with E-state index in [1.165, 1.54) is 0 Å². The molecule has 1 rings (SSSR count). The Labute approximate surface area is 90.0 Å². The first-order valence-corrected chi connectivity index (χ1v) is 5.04. The fourth-order valence-corrected chi connectivity index (χ4v) is 1.36. The molecule has 0 aliphatic heterocycles. The Kier molecular flexibility index (Phi) is 3.31. The standard InChI is InChI=1S/C12H16N2O/c1-10-5-4-6-11(15)14(10)8-7-12(2,3)9-13/h4-6H,7-8H2,1-3H3. The van der Waals surface area contributed by atoms with Crippen LogP contribution in [-0.4, -0.2) is 4.57 Å². The molecule has 15 heavy (non-hydrogen) atoms. The van der Waals surface area contributed by atoms with Crippen molar-refractivity contribution in [2.24, 2.45) is 5.41 Å². The van der Waals surface area contributed by atoms with Crippen molar-refractivity contribution in [3.63, 3.8) is 0 Å². The van der Waals surface area contributed by atoms with E-state index in [0.717, 1.165) is 5.69 Å². The molecule has 0 bridgehead atoms. The summed E-state index contributed by atoms with van der Waals surface area (Å²) in [5.41, 5.74) is 0.571. The molecule has 0 aliphatic carbocycles. The first kappa shape index (κ1) is 11.5. The lowest BCUT2D eigenvalue weighted by Gasteiger charge is -2.16. The quantitative estimate of drug-likeness (QED) is 0.756. The molecular formula is C12H16N2O. The van der Waals surface area contributed by atoms with Crippen molar-refractivity contribution in [3.05, 3.63) is 34.2 Å². The summed E-state index contributed by atoms with van der Waals surface area (Å²) in [6.07, 6.45) is 0.689. The number of rotatable bonds is 3. The van der Waals surface area contributed by atoms with Crippen molar-refractivity contribution in [2.75, 3.05) is 0 Å². The molecule has 1 heterocycles. The fraction of sp³-hybridized carbons (Fsp3) is 0.500. The van der Waals surface area contributed by atoms with Crippen molar-refractivity contribution >= 4 is 0 Å². The maximum absolute atomic E-state index is 11.5. The summed E-state index contributed by atoms with van der Waals surface area (Å²) in [5, 5.41) is 8.87. The van der Waals surface area contributed by atoms with E-state index in [2.05, 4.69) is 6.07 Å². The average Bonchev–Trinajstić information content (AvgIpc) is 2.17. The second-order valence-electron chi connectivity index (χ2n) is 4.40. The van der Waals surface area contributed by atoms with Gasteiger partial charge in [-0.2, -0.15) is 5.26 Å². The van der Waals surface area contributed by atoms with Crippen LogP contribution in [0.25, 0.3) is 0 Å². The number of nitriles is 1. The SMILES string of the molecule is Cc1cccc(=O)n1CCC(C)(C)C#N. The first-order valence-electron chi connectivity index (χ1n) is 5.04. The van der Waals surface area contributed by atoms with Gasteiger partial charge in [0.15, 0.2) is 0 Å². The van der Waals surface area contributed by atoms with Crippen LogP contribution in [0.5, 0.6) is 0 Å². The molecule has 0 saturated carbocycles. The third kappa shape index (κ3) is 2.95. The van der Waals surface area contributed by atoms with Gasteiger partial charge in [0.25, 0.3) is 5.56 Å². The Morgan fingerprint density at radius 1 is 1.47 bits per heavy atom. The molecule has 0 radical (unpaired) electrons. The van der Waals surface area contributed by atoms with E-state index in [0.29, 0.717) is 13.0 Å². The van der Waals surface area contributed by atoms with E-state index in [-0.39, 0.29) is 11.0 Å². The Morgan fingerprint density at radius 3 is 2.67 bits per heavy atom. The second-order valence-corrected chi connectivity index (χ2v) is 4.40. The van der Waals surface area contributed by atoms with Crippen molar-refractivity contribution in [1.82, 2.24) is 4.57 Å². The number of aromatic nitrogens is 1. The number of pyridine rings is 1. The molecule has 0 spiro atoms. The van der Waals surface area contributed by atoms with Crippen LogP contribution in [0.4, 0.5) is 0 Å². The molecule has 80 valence electrons. The predicted molar refractivity (Wildman–Crippen MR) is 59.5 cm³/mol. The zero-order chi connectivity index (χ0) is 11.5. The van der Waals surface area contributed by atoms with Crippen molar-refractivity contribution < 1.29 is 0 Å². The third-order valence-electron chi connectivity index (χ3n) is 2.53. The predicted octanol–water partition coefficient (Wildman–Crippen LogP) is 2.10. The number of nitrogens with zero attached hydrogens (tertiary/aromatic N) is 2. The fourth-order valence-electron chi connectivity index (χ4n) is 1.36. The van der Waals surface area contributed by atoms with Gasteiger partial charge in [-0.15, -0.1) is 0 Å².